The fraction of sp³-hybridized carbons (Fsp3) is 0.391. The standard InChI is InChI=1S/C23H24FN7O3/c1-25-18-9-17(27-16-8-12(24)7-14-19(16)34-11-23(14)4-5-23)29-20-13(10-26-31(18)20)21(32)28-15-3-6-30(2)22(15)33/h7-10,15,25H,3-6,11H2,1-2H3,(H,27,29)(H,28,32)/t15-/m1/s1. The van der Waals surface area contributed by atoms with Gasteiger partial charge in [-0.1, -0.05) is 0 Å². The van der Waals surface area contributed by atoms with Crippen molar-refractivity contribution >= 4 is 34.8 Å². The number of halogens is 1. The average Bonchev–Trinajstić information content (AvgIpc) is 3.19. The third-order valence-corrected chi connectivity index (χ3v) is 6.94. The highest BCUT2D eigenvalue weighted by molar-refractivity contribution is 6.02. The van der Waals surface area contributed by atoms with Crippen molar-refractivity contribution in [2.75, 3.05) is 37.9 Å². The third kappa shape index (κ3) is 3.14. The monoisotopic (exact) mass is 465 g/mol. The first-order chi connectivity index (χ1) is 16.4. The highest BCUT2D eigenvalue weighted by Gasteiger charge is 2.51. The number of ether oxygens (including phenoxy) is 1. The van der Waals surface area contributed by atoms with Gasteiger partial charge in [-0.3, -0.25) is 9.59 Å². The molecule has 0 unspecified atom stereocenters. The van der Waals surface area contributed by atoms with E-state index >= 15 is 0 Å². The average molecular weight is 465 g/mol. The van der Waals surface area contributed by atoms with Crippen LogP contribution in [0.3, 0.4) is 0 Å². The van der Waals surface area contributed by atoms with Crippen LogP contribution in [0.4, 0.5) is 21.7 Å². The lowest BCUT2D eigenvalue weighted by Gasteiger charge is -2.14. The van der Waals surface area contributed by atoms with Gasteiger partial charge in [0.25, 0.3) is 5.91 Å². The molecule has 34 heavy (non-hydrogen) atoms. The number of carbonyl (C=O) groups is 2. The van der Waals surface area contributed by atoms with Gasteiger partial charge in [-0.15, -0.1) is 0 Å². The number of nitrogens with zero attached hydrogens (tertiary/aromatic N) is 4. The Kier molecular flexibility index (Phi) is 4.45. The summed E-state index contributed by atoms with van der Waals surface area (Å²) in [5.74, 6) is 0.725. The van der Waals surface area contributed by atoms with E-state index in [9.17, 15) is 14.0 Å². The van der Waals surface area contributed by atoms with Crippen LogP contribution in [-0.4, -0.2) is 64.6 Å². The lowest BCUT2D eigenvalue weighted by Crippen LogP contribution is -2.40. The summed E-state index contributed by atoms with van der Waals surface area (Å²) in [6, 6.07) is 4.09. The van der Waals surface area contributed by atoms with Crippen molar-refractivity contribution in [1.82, 2.24) is 24.8 Å². The number of hydrogen-bond acceptors (Lipinski definition) is 7. The molecule has 2 aliphatic heterocycles. The maximum atomic E-state index is 14.4. The molecule has 4 heterocycles. The molecule has 1 saturated carbocycles. The van der Waals surface area contributed by atoms with Crippen molar-refractivity contribution in [3.63, 3.8) is 0 Å². The minimum Gasteiger partial charge on any atom is -0.490 e. The molecule has 6 rings (SSSR count). The van der Waals surface area contributed by atoms with Crippen molar-refractivity contribution < 1.29 is 18.7 Å². The van der Waals surface area contributed by atoms with Gasteiger partial charge in [0.15, 0.2) is 5.65 Å². The molecule has 2 aromatic heterocycles. The van der Waals surface area contributed by atoms with Gasteiger partial charge in [0, 0.05) is 43.8 Å². The Morgan fingerprint density at radius 2 is 2.12 bits per heavy atom. The second-order valence-electron chi connectivity index (χ2n) is 9.17. The van der Waals surface area contributed by atoms with Crippen LogP contribution in [0, 0.1) is 5.82 Å². The summed E-state index contributed by atoms with van der Waals surface area (Å²) < 4.78 is 21.9. The topological polar surface area (TPSA) is 113 Å². The number of likely N-dealkylation sites (tertiary alicyclic amines) is 1. The van der Waals surface area contributed by atoms with E-state index in [1.54, 1.807) is 31.1 Å². The highest BCUT2D eigenvalue weighted by Crippen LogP contribution is 2.57. The minimum absolute atomic E-state index is 0.0656. The number of carbonyl (C=O) groups excluding carboxylic acids is 2. The SMILES string of the molecule is CNc1cc(Nc2cc(F)cc3c2OCC32CC2)nc2c(C(=O)N[C@@H]3CCN(C)C3=O)cnn12. The molecule has 176 valence electrons. The van der Waals surface area contributed by atoms with Gasteiger partial charge < -0.3 is 25.6 Å². The predicted molar refractivity (Wildman–Crippen MR) is 122 cm³/mol. The molecule has 0 bridgehead atoms. The van der Waals surface area contributed by atoms with Crippen LogP contribution in [-0.2, 0) is 10.2 Å². The van der Waals surface area contributed by atoms with E-state index in [4.69, 9.17) is 4.74 Å². The van der Waals surface area contributed by atoms with E-state index < -0.39 is 11.9 Å². The first kappa shape index (κ1) is 20.7. The van der Waals surface area contributed by atoms with E-state index in [0.29, 0.717) is 48.3 Å². The number of aromatic nitrogens is 3. The Bertz CT molecular complexity index is 1350. The number of fused-ring (bicyclic) bond motifs is 3. The van der Waals surface area contributed by atoms with Crippen molar-refractivity contribution in [2.24, 2.45) is 0 Å². The molecule has 3 aromatic rings. The molecule has 11 heteroatoms. The van der Waals surface area contributed by atoms with Gasteiger partial charge >= 0.3 is 0 Å². The zero-order chi connectivity index (χ0) is 23.6. The van der Waals surface area contributed by atoms with E-state index in [1.165, 1.54) is 16.8 Å². The van der Waals surface area contributed by atoms with E-state index in [0.717, 1.165) is 18.4 Å². The van der Waals surface area contributed by atoms with Crippen LogP contribution in [0.2, 0.25) is 0 Å². The van der Waals surface area contributed by atoms with Crippen molar-refractivity contribution in [3.05, 3.63) is 41.3 Å². The van der Waals surface area contributed by atoms with Crippen LogP contribution >= 0.6 is 0 Å². The number of anilines is 3. The molecule has 1 spiro atoms. The molecule has 2 amide bonds. The number of nitrogens with one attached hydrogen (secondary N) is 3. The molecular weight excluding hydrogens is 441 g/mol. The second kappa shape index (κ2) is 7.31. The molecule has 0 radical (unpaired) electrons. The van der Waals surface area contributed by atoms with Crippen molar-refractivity contribution in [2.45, 2.75) is 30.7 Å². The Balaban J connectivity index is 1.35. The minimum atomic E-state index is -0.570. The summed E-state index contributed by atoms with van der Waals surface area (Å²) in [6.07, 6.45) is 3.95. The van der Waals surface area contributed by atoms with Crippen molar-refractivity contribution in [1.29, 1.82) is 0 Å². The Morgan fingerprint density at radius 1 is 1.29 bits per heavy atom. The van der Waals surface area contributed by atoms with Gasteiger partial charge in [0.1, 0.15) is 34.8 Å². The van der Waals surface area contributed by atoms with Gasteiger partial charge in [-0.2, -0.15) is 9.61 Å². The molecule has 1 saturated heterocycles. The van der Waals surface area contributed by atoms with Crippen LogP contribution in [0.15, 0.2) is 24.4 Å². The molecule has 1 aromatic carbocycles. The largest absolute Gasteiger partial charge is 0.490 e. The predicted octanol–water partition coefficient (Wildman–Crippen LogP) is 2.04. The smallest absolute Gasteiger partial charge is 0.257 e. The Morgan fingerprint density at radius 3 is 2.82 bits per heavy atom. The fourth-order valence-electron chi connectivity index (χ4n) is 4.78. The first-order valence-electron chi connectivity index (χ1n) is 11.2. The van der Waals surface area contributed by atoms with Crippen LogP contribution in [0.25, 0.3) is 5.65 Å². The summed E-state index contributed by atoms with van der Waals surface area (Å²) in [6.45, 7) is 1.15. The second-order valence-corrected chi connectivity index (χ2v) is 9.17. The molecule has 1 atom stereocenters. The van der Waals surface area contributed by atoms with E-state index in [-0.39, 0.29) is 22.7 Å². The normalized spacial score (nSPS) is 19.9. The summed E-state index contributed by atoms with van der Waals surface area (Å²) in [7, 11) is 3.44. The Labute approximate surface area is 194 Å². The molecule has 1 aliphatic carbocycles. The van der Waals surface area contributed by atoms with E-state index in [2.05, 4.69) is 26.0 Å². The molecule has 10 nitrogen and oxygen atoms in total. The zero-order valence-electron chi connectivity index (χ0n) is 18.8. The lowest BCUT2D eigenvalue weighted by molar-refractivity contribution is -0.128. The number of benzene rings is 1. The van der Waals surface area contributed by atoms with Crippen molar-refractivity contribution in [3.8, 4) is 5.75 Å². The molecule has 3 aliphatic rings. The number of rotatable bonds is 5. The summed E-state index contributed by atoms with van der Waals surface area (Å²) in [5.41, 5.74) is 1.85. The van der Waals surface area contributed by atoms with Crippen LogP contribution in [0.1, 0.15) is 35.2 Å². The maximum Gasteiger partial charge on any atom is 0.257 e. The van der Waals surface area contributed by atoms with Gasteiger partial charge in [-0.25, -0.2) is 9.37 Å². The lowest BCUT2D eigenvalue weighted by atomic mass is 9.98. The highest BCUT2D eigenvalue weighted by atomic mass is 19.1. The van der Waals surface area contributed by atoms with Gasteiger partial charge in [-0.05, 0) is 25.3 Å². The number of amides is 2. The number of likely N-dealkylation sites (N-methyl/N-ethyl adjacent to an activating group) is 1. The van der Waals surface area contributed by atoms with E-state index in [1.807, 2.05) is 0 Å². The van der Waals surface area contributed by atoms with Crippen LogP contribution in [0.5, 0.6) is 5.75 Å². The fourth-order valence-corrected chi connectivity index (χ4v) is 4.78. The third-order valence-electron chi connectivity index (χ3n) is 6.94. The first-order valence-corrected chi connectivity index (χ1v) is 11.2. The Hall–Kier alpha value is -3.89. The summed E-state index contributed by atoms with van der Waals surface area (Å²) in [4.78, 5) is 31.4. The molecular formula is C23H24FN7O3. The van der Waals surface area contributed by atoms with Gasteiger partial charge in [0.05, 0.1) is 18.5 Å². The summed E-state index contributed by atoms with van der Waals surface area (Å²) in [5, 5.41) is 13.3. The summed E-state index contributed by atoms with van der Waals surface area (Å²) >= 11 is 0. The zero-order valence-corrected chi connectivity index (χ0v) is 18.8. The van der Waals surface area contributed by atoms with Crippen LogP contribution < -0.4 is 20.7 Å². The number of hydrogen-bond donors (Lipinski definition) is 3. The quantitative estimate of drug-likeness (QED) is 0.529. The molecule has 3 N–H and O–H groups in total. The van der Waals surface area contributed by atoms with Gasteiger partial charge in [0.2, 0.25) is 5.91 Å². The maximum absolute atomic E-state index is 14.4. The molecule has 2 fully saturated rings.